The van der Waals surface area contributed by atoms with Gasteiger partial charge >= 0.3 is 18.3 Å². The predicted molar refractivity (Wildman–Crippen MR) is 359 cm³/mol. The highest BCUT2D eigenvalue weighted by atomic mass is 16.8. The van der Waals surface area contributed by atoms with Gasteiger partial charge in [-0.2, -0.15) is 0 Å². The van der Waals surface area contributed by atoms with Crippen molar-refractivity contribution < 1.29 is 122 Å². The van der Waals surface area contributed by atoms with Crippen molar-refractivity contribution in [3.8, 4) is 24.2 Å². The largest absolute Gasteiger partial charge is 0.445 e. The summed E-state index contributed by atoms with van der Waals surface area (Å²) in [5.41, 5.74) is 36.7. The van der Waals surface area contributed by atoms with Gasteiger partial charge in [0, 0.05) is 31.1 Å². The molecular formula is C67H103N11O25. The van der Waals surface area contributed by atoms with E-state index in [0.29, 0.717) is 19.3 Å². The molecule has 9 aliphatic rings. The fraction of sp³-hybridized carbons (Fsp3) is 0.701. The van der Waals surface area contributed by atoms with E-state index in [2.05, 4.69) is 38.7 Å². The number of rotatable bonds is 18. The summed E-state index contributed by atoms with van der Waals surface area (Å²) < 4.78 is 77.3. The number of likely N-dealkylation sites (N-methyl/N-ethyl adjacent to an activating group) is 2. The molecule has 24 N–H and O–H groups in total. The number of alkyl carbamates (subject to hydrolysis) is 2. The summed E-state index contributed by atoms with van der Waals surface area (Å²) >= 11 is 0. The van der Waals surface area contributed by atoms with Crippen LogP contribution in [0.5, 0.6) is 0 Å². The van der Waals surface area contributed by atoms with Crippen molar-refractivity contribution in [1.82, 2.24) is 20.9 Å². The van der Waals surface area contributed by atoms with E-state index >= 15 is 0 Å². The molecule has 7 heterocycles. The topological polar surface area (TPSA) is 561 Å². The highest BCUT2D eigenvalue weighted by Gasteiger charge is 2.61. The van der Waals surface area contributed by atoms with Crippen LogP contribution in [0, 0.1) is 30.1 Å². The van der Waals surface area contributed by atoms with Crippen LogP contribution in [0.25, 0.3) is 0 Å². The predicted octanol–water partition coefficient (Wildman–Crippen LogP) is -5.13. The smallest absolute Gasteiger partial charge is 0.410 e. The number of benzene rings is 2. The van der Waals surface area contributed by atoms with Crippen LogP contribution in [-0.2, 0) is 74.8 Å². The number of hydrogen-bond acceptors (Lipinski definition) is 31. The van der Waals surface area contributed by atoms with Crippen LogP contribution in [-0.4, -0.2) is 292 Å². The van der Waals surface area contributed by atoms with Gasteiger partial charge in [-0.15, -0.1) is 6.42 Å². The first-order valence-electron chi connectivity index (χ1n) is 33.8. The molecule has 36 nitrogen and oxygen atoms in total. The second-order valence-electron chi connectivity index (χ2n) is 26.6. The molecule has 32 atom stereocenters. The third-order valence-electron chi connectivity index (χ3n) is 19.3. The first-order valence-corrected chi connectivity index (χ1v) is 33.8. The summed E-state index contributed by atoms with van der Waals surface area (Å²) in [6, 6.07) is 11.4. The normalized spacial score (nSPS) is 41.0. The molecular weight excluding hydrogens is 1360 g/mol. The molecule has 576 valence electrons. The Morgan fingerprint density at radius 1 is 0.631 bits per heavy atom. The first-order chi connectivity index (χ1) is 48.7. The van der Waals surface area contributed by atoms with Crippen LogP contribution < -0.4 is 50.4 Å². The molecule has 2 aromatic rings. The molecule has 11 rings (SSSR count). The number of carbonyl (C=O) groups excluding carboxylic acids is 3. The lowest BCUT2D eigenvalue weighted by Gasteiger charge is -2.51. The van der Waals surface area contributed by atoms with Crippen LogP contribution in [0.4, 0.5) is 14.4 Å². The van der Waals surface area contributed by atoms with Gasteiger partial charge in [0.25, 0.3) is 0 Å². The van der Waals surface area contributed by atoms with E-state index in [4.69, 9.17) is 102 Å². The number of amides is 3. The molecule has 2 aromatic carbocycles. The Balaban J connectivity index is 0.000000259. The minimum Gasteiger partial charge on any atom is -0.445 e. The number of fused-ring (bicyclic) bond motifs is 4. The van der Waals surface area contributed by atoms with Crippen molar-refractivity contribution in [2.45, 2.75) is 263 Å². The molecule has 0 radical (unpaired) electrons. The van der Waals surface area contributed by atoms with Crippen molar-refractivity contribution in [2.75, 3.05) is 27.3 Å². The summed E-state index contributed by atoms with van der Waals surface area (Å²) in [6.45, 7) is 2.47. The molecule has 7 aliphatic heterocycles. The lowest BCUT2D eigenvalue weighted by molar-refractivity contribution is -0.374. The molecule has 16 unspecified atom stereocenters. The van der Waals surface area contributed by atoms with Crippen molar-refractivity contribution in [3.63, 3.8) is 0 Å². The van der Waals surface area contributed by atoms with Crippen LogP contribution in [0.2, 0.25) is 0 Å². The summed E-state index contributed by atoms with van der Waals surface area (Å²) in [7, 11) is 3.05. The molecule has 2 aliphatic carbocycles. The van der Waals surface area contributed by atoms with E-state index in [-0.39, 0.29) is 57.8 Å². The zero-order valence-electron chi connectivity index (χ0n) is 56.8. The molecule has 0 spiro atoms. The average molecular weight is 1460 g/mol. The Labute approximate surface area is 596 Å². The van der Waals surface area contributed by atoms with Crippen molar-refractivity contribution in [3.05, 3.63) is 71.8 Å². The van der Waals surface area contributed by atoms with Crippen LogP contribution >= 0.6 is 0 Å². The summed E-state index contributed by atoms with van der Waals surface area (Å²) in [4.78, 5) is 44.0. The molecule has 103 heavy (non-hydrogen) atoms. The van der Waals surface area contributed by atoms with Gasteiger partial charge in [-0.3, -0.25) is 4.90 Å². The summed E-state index contributed by atoms with van der Waals surface area (Å²) in [6.07, 6.45) is -20.7. The van der Waals surface area contributed by atoms with Gasteiger partial charge in [-0.05, 0) is 75.5 Å². The van der Waals surface area contributed by atoms with Gasteiger partial charge in [0.2, 0.25) is 0 Å². The number of guanidine groups is 1. The highest BCUT2D eigenvalue weighted by Crippen LogP contribution is 2.43. The lowest BCUT2D eigenvalue weighted by atomic mass is 9.85. The van der Waals surface area contributed by atoms with Gasteiger partial charge in [0.15, 0.2) is 49.8 Å². The minimum atomic E-state index is -1.61. The summed E-state index contributed by atoms with van der Waals surface area (Å²) in [5, 5.41) is 104. The molecule has 3 amide bonds. The average Bonchev–Trinajstić information content (AvgIpc) is 1.68. The quantitative estimate of drug-likeness (QED) is 0.0287. The van der Waals surface area contributed by atoms with Crippen molar-refractivity contribution in [1.29, 1.82) is 0 Å². The Kier molecular flexibility index (Phi) is 30.2. The third-order valence-corrected chi connectivity index (χ3v) is 19.3. The lowest BCUT2D eigenvalue weighted by Crippen LogP contribution is -2.69. The van der Waals surface area contributed by atoms with Crippen LogP contribution in [0.1, 0.15) is 70.9 Å². The fourth-order valence-electron chi connectivity index (χ4n) is 14.0. The Morgan fingerprint density at radius 3 is 1.78 bits per heavy atom. The van der Waals surface area contributed by atoms with Gasteiger partial charge in [-0.25, -0.2) is 19.4 Å². The maximum atomic E-state index is 13.2. The Hall–Kier alpha value is -6.32. The maximum Gasteiger partial charge on any atom is 0.410 e. The van der Waals surface area contributed by atoms with E-state index in [9.17, 15) is 60.3 Å². The Bertz CT molecular complexity index is 3130. The monoisotopic (exact) mass is 1460 g/mol. The number of hydrogen-bond donors (Lipinski definition) is 18. The van der Waals surface area contributed by atoms with Gasteiger partial charge in [0.1, 0.15) is 92.4 Å². The SMILES string of the molecule is C.C#CC#CC.CC1C[C@@H]2OC(O[C@H]3OC(CO)[C@@H](N)[C@H](O)C3O)C3C(OC(=O)N3C)C2O[C@@H]1O[C@@H]1C(NC(=O)OCc2ccccc2)C[C@@H](NC(=O)OCc2ccccc2)C[C@H]1O.CNC1C(O[C@H]2OC(CO)[C@@H](N=C(N)N)[C@H](O)C2O)O[C@H]2CC(N)[C@@H](O[C@@H]3C(N)C[C@@H](N)C[C@H]3O)OC2C1O. The van der Waals surface area contributed by atoms with Gasteiger partial charge < -0.3 is 158 Å². The molecule has 0 aromatic heterocycles. The second-order valence-corrected chi connectivity index (χ2v) is 26.6. The number of nitrogens with zero attached hydrogens (tertiary/aromatic N) is 2. The van der Waals surface area contributed by atoms with Gasteiger partial charge in [-0.1, -0.05) is 80.9 Å². The van der Waals surface area contributed by atoms with E-state index in [0.717, 1.165) is 11.1 Å². The van der Waals surface area contributed by atoms with Crippen molar-refractivity contribution in [2.24, 2.45) is 45.3 Å². The molecule has 2 saturated carbocycles. The van der Waals surface area contributed by atoms with E-state index in [1.54, 1.807) is 14.0 Å². The zero-order valence-corrected chi connectivity index (χ0v) is 56.8. The van der Waals surface area contributed by atoms with E-state index < -0.39 is 215 Å². The zero-order chi connectivity index (χ0) is 73.8. The Morgan fingerprint density at radius 2 is 1.19 bits per heavy atom. The number of ether oxygens (including phenoxy) is 13. The second kappa shape index (κ2) is 37.8. The summed E-state index contributed by atoms with van der Waals surface area (Å²) in [5.74, 6) is 6.34. The number of aliphatic imine (C=N–C) groups is 1. The number of aliphatic hydroxyl groups is 9. The number of terminal acetylenes is 1. The molecule has 0 bridgehead atoms. The fourth-order valence-corrected chi connectivity index (χ4v) is 14.0. The van der Waals surface area contributed by atoms with Crippen LogP contribution in [0.15, 0.2) is 65.7 Å². The third kappa shape index (κ3) is 20.2. The highest BCUT2D eigenvalue weighted by molar-refractivity contribution is 5.76. The van der Waals surface area contributed by atoms with Gasteiger partial charge in [0.05, 0.1) is 61.8 Å². The van der Waals surface area contributed by atoms with Crippen molar-refractivity contribution >= 4 is 24.2 Å². The molecule has 9 fully saturated rings. The number of nitrogens with two attached hydrogens (primary N) is 6. The number of aliphatic hydroxyl groups excluding tert-OH is 9. The first kappa shape index (κ1) is 82.3. The molecule has 7 saturated heterocycles. The van der Waals surface area contributed by atoms with Crippen LogP contribution in [0.3, 0.4) is 0 Å². The van der Waals surface area contributed by atoms with E-state index in [1.165, 1.54) is 11.9 Å². The minimum absolute atomic E-state index is 0. The number of nitrogens with one attached hydrogen (secondary N) is 3. The maximum absolute atomic E-state index is 13.2. The number of carbonyl (C=O) groups is 3. The standard InChI is InChI=1S/C39H52N4O15.C22H43N7O10.C5H4.CH4/c1-19-13-25-32(33-28(43(2)39(50)57-33)35(53-25)58-36-30(47)29(46)27(40)26(16-44)54-36)56-34(19)55-31-23(42-38(49)52-18-21-11-7-4-8-12-21)14-22(15-24(31)45)41-37(48)51-17-20-9-5-3-6-10-20;1-28-13-15(33)18-10(4-8(25)19(38-18)37-17-7(24)2-6(23)3-9(17)31)35-20(13)39-21-16(34)14(32)12(29-22(26)27)11(5-30)36-21;1-3-5-4-2;/h3-12,19,22-36,44-47H,13-18,40H2,1-2H3,(H,41,48)(H,42,49);6-21,28,30-34H,2-5,23-25H2,1H3,(H4,26,27,29);1H,2H3;1H4/t19?,22-,23?,24-,25+,26?,27-,28?,29+,30?,31-,32?,33?,34+,35?,36-;6-,7?,8?,9-,10+,11?,12-,13?,14+,15?,16?,17-,18?,19+,20?,21-;;/m11../s1. The van der Waals surface area contributed by atoms with E-state index in [1.807, 2.05) is 67.6 Å². The molecule has 36 heteroatoms.